The lowest BCUT2D eigenvalue weighted by atomic mass is 9.96. The maximum absolute atomic E-state index is 15.0. The van der Waals surface area contributed by atoms with Gasteiger partial charge in [-0.3, -0.25) is 0 Å². The maximum atomic E-state index is 15.0. The van der Waals surface area contributed by atoms with Gasteiger partial charge in [0.2, 0.25) is 0 Å². The first kappa shape index (κ1) is 18.1. The number of nitrogens with one attached hydrogen (secondary N) is 1. The van der Waals surface area contributed by atoms with Crippen molar-refractivity contribution in [1.29, 1.82) is 0 Å². The van der Waals surface area contributed by atoms with Gasteiger partial charge in [-0.05, 0) is 49.6 Å². The third kappa shape index (κ3) is 2.86. The second-order valence-electron chi connectivity index (χ2n) is 8.19. The summed E-state index contributed by atoms with van der Waals surface area (Å²) in [6.07, 6.45) is 3.38. The molecule has 1 unspecified atom stereocenters. The van der Waals surface area contributed by atoms with Gasteiger partial charge in [-0.25, -0.2) is 9.07 Å². The topological polar surface area (TPSA) is 79.1 Å². The molecule has 2 aliphatic rings. The van der Waals surface area contributed by atoms with Crippen molar-refractivity contribution in [3.8, 4) is 22.7 Å². The molecule has 150 valence electrons. The third-order valence-corrected chi connectivity index (χ3v) is 6.33. The Morgan fingerprint density at radius 3 is 2.76 bits per heavy atom. The van der Waals surface area contributed by atoms with Crippen molar-refractivity contribution in [2.45, 2.75) is 31.1 Å². The van der Waals surface area contributed by atoms with Crippen LogP contribution in [0.3, 0.4) is 0 Å². The van der Waals surface area contributed by atoms with Crippen molar-refractivity contribution >= 4 is 5.82 Å². The van der Waals surface area contributed by atoms with Gasteiger partial charge in [0.15, 0.2) is 5.82 Å². The minimum absolute atomic E-state index is 0.101. The average Bonchev–Trinajstić information content (AvgIpc) is 3.43. The van der Waals surface area contributed by atoms with Crippen LogP contribution in [0.25, 0.3) is 16.9 Å². The van der Waals surface area contributed by atoms with Crippen molar-refractivity contribution in [2.24, 2.45) is 5.92 Å². The van der Waals surface area contributed by atoms with Crippen LogP contribution in [0.2, 0.25) is 0 Å². The second kappa shape index (κ2) is 6.52. The van der Waals surface area contributed by atoms with Crippen LogP contribution < -0.4 is 10.2 Å². The molecule has 29 heavy (non-hydrogen) atoms. The lowest BCUT2D eigenvalue weighted by molar-refractivity contribution is 0.163. The Morgan fingerprint density at radius 2 is 2.14 bits per heavy atom. The number of hydrogen-bond acceptors (Lipinski definition) is 6. The fourth-order valence-corrected chi connectivity index (χ4v) is 4.74. The molecule has 3 heterocycles. The summed E-state index contributed by atoms with van der Waals surface area (Å²) < 4.78 is 16.6. The molecule has 2 aromatic heterocycles. The fourth-order valence-electron chi connectivity index (χ4n) is 4.74. The zero-order valence-electron chi connectivity index (χ0n) is 16.3. The maximum Gasteiger partial charge on any atom is 0.151 e. The van der Waals surface area contributed by atoms with Crippen molar-refractivity contribution < 1.29 is 9.50 Å². The van der Waals surface area contributed by atoms with Gasteiger partial charge in [0.05, 0.1) is 17.4 Å². The number of hydrogen-bond donors (Lipinski definition) is 2. The van der Waals surface area contributed by atoms with E-state index < -0.39 is 11.7 Å². The van der Waals surface area contributed by atoms with Gasteiger partial charge in [-0.15, -0.1) is 10.2 Å². The van der Waals surface area contributed by atoms with Crippen LogP contribution >= 0.6 is 0 Å². The zero-order chi connectivity index (χ0) is 20.2. The van der Waals surface area contributed by atoms with E-state index >= 15 is 0 Å². The predicted molar refractivity (Wildman–Crippen MR) is 108 cm³/mol. The molecule has 2 N–H and O–H groups in total. The summed E-state index contributed by atoms with van der Waals surface area (Å²) in [4.78, 5) is 1.90. The van der Waals surface area contributed by atoms with Crippen LogP contribution in [0, 0.1) is 5.92 Å². The summed E-state index contributed by atoms with van der Waals surface area (Å²) in [6, 6.07) is 10.5. The van der Waals surface area contributed by atoms with Crippen molar-refractivity contribution in [3.63, 3.8) is 0 Å². The number of phenolic OH excluding ortho intramolecular Hbond substituents is 1. The standard InChI is InChI=1S/C21H23FN6O/c1-21-11-13(12-23-21)19(20(21)22)27(2)18-7-6-16(25-26-18)15-5-4-14(10-17(15)29)28-9-3-8-24-28/h3-10,13,19-20,23,29H,11-12H2,1-2H3/t13?,19-,20-,21-/m0/s1. The zero-order valence-corrected chi connectivity index (χ0v) is 16.3. The molecule has 2 bridgehead atoms. The smallest absolute Gasteiger partial charge is 0.151 e. The largest absolute Gasteiger partial charge is 0.507 e. The number of aromatic nitrogens is 4. The van der Waals surface area contributed by atoms with Crippen LogP contribution in [-0.4, -0.2) is 56.4 Å². The number of rotatable bonds is 4. The minimum Gasteiger partial charge on any atom is -0.507 e. The van der Waals surface area contributed by atoms with E-state index in [9.17, 15) is 9.50 Å². The highest BCUT2D eigenvalue weighted by atomic mass is 19.1. The normalized spacial score (nSPS) is 28.0. The summed E-state index contributed by atoms with van der Waals surface area (Å²) in [5.74, 6) is 0.995. The number of alkyl halides is 1. The Labute approximate surface area is 168 Å². The molecule has 3 aromatic rings. The van der Waals surface area contributed by atoms with Crippen LogP contribution in [-0.2, 0) is 0 Å². The van der Waals surface area contributed by atoms with Crippen molar-refractivity contribution in [1.82, 2.24) is 25.3 Å². The fraction of sp³-hybridized carbons (Fsp3) is 0.381. The Hall–Kier alpha value is -3.00. The van der Waals surface area contributed by atoms with Gasteiger partial charge in [0.25, 0.3) is 0 Å². The van der Waals surface area contributed by atoms with E-state index in [2.05, 4.69) is 20.6 Å². The van der Waals surface area contributed by atoms with E-state index in [-0.39, 0.29) is 17.7 Å². The Balaban J connectivity index is 1.38. The van der Waals surface area contributed by atoms with Crippen LogP contribution in [0.15, 0.2) is 48.8 Å². The Morgan fingerprint density at radius 1 is 1.28 bits per heavy atom. The summed E-state index contributed by atoms with van der Waals surface area (Å²) in [6.45, 7) is 2.78. The molecule has 1 aliphatic heterocycles. The summed E-state index contributed by atoms with van der Waals surface area (Å²) >= 11 is 0. The minimum atomic E-state index is -0.952. The van der Waals surface area contributed by atoms with E-state index in [1.165, 1.54) is 0 Å². The van der Waals surface area contributed by atoms with Crippen molar-refractivity contribution in [2.75, 3.05) is 18.5 Å². The van der Waals surface area contributed by atoms with Gasteiger partial charge in [-0.2, -0.15) is 5.10 Å². The molecular formula is C21H23FN6O. The number of piperidine rings is 1. The van der Waals surface area contributed by atoms with E-state index in [0.29, 0.717) is 17.1 Å². The molecule has 5 rings (SSSR count). The molecule has 1 saturated heterocycles. The van der Waals surface area contributed by atoms with Crippen LogP contribution in [0.1, 0.15) is 13.3 Å². The highest BCUT2D eigenvalue weighted by molar-refractivity contribution is 5.69. The molecule has 0 radical (unpaired) electrons. The van der Waals surface area contributed by atoms with E-state index in [1.807, 2.05) is 49.3 Å². The van der Waals surface area contributed by atoms with E-state index in [4.69, 9.17) is 0 Å². The molecule has 4 atom stereocenters. The van der Waals surface area contributed by atoms with Crippen LogP contribution in [0.5, 0.6) is 5.75 Å². The number of anilines is 1. The number of fused-ring (bicyclic) bond motifs is 2. The SMILES string of the molecule is CN(c1ccc(-c2ccc(-n3cccn3)cc2O)nn1)[C@H]1C2CN[C@@](C)(C2)[C@H]1F. The average molecular weight is 394 g/mol. The van der Waals surface area contributed by atoms with Crippen molar-refractivity contribution in [3.05, 3.63) is 48.8 Å². The van der Waals surface area contributed by atoms with Gasteiger partial charge < -0.3 is 15.3 Å². The highest BCUT2D eigenvalue weighted by Gasteiger charge is 2.57. The molecule has 2 fully saturated rings. The lowest BCUT2D eigenvalue weighted by Gasteiger charge is -2.37. The molecular weight excluding hydrogens is 371 g/mol. The molecule has 1 aromatic carbocycles. The second-order valence-corrected chi connectivity index (χ2v) is 8.19. The van der Waals surface area contributed by atoms with Gasteiger partial charge in [0.1, 0.15) is 11.9 Å². The summed E-state index contributed by atoms with van der Waals surface area (Å²) in [5.41, 5.74) is 1.46. The first-order chi connectivity index (χ1) is 14.0. The van der Waals surface area contributed by atoms with Crippen LogP contribution in [0.4, 0.5) is 10.2 Å². The number of halogens is 1. The van der Waals surface area contributed by atoms with E-state index in [1.54, 1.807) is 23.0 Å². The third-order valence-electron chi connectivity index (χ3n) is 6.33. The molecule has 7 nitrogen and oxygen atoms in total. The number of nitrogens with zero attached hydrogens (tertiary/aromatic N) is 5. The van der Waals surface area contributed by atoms with Gasteiger partial charge >= 0.3 is 0 Å². The molecule has 0 amide bonds. The molecule has 1 saturated carbocycles. The summed E-state index contributed by atoms with van der Waals surface area (Å²) in [5, 5.41) is 26.5. The number of phenols is 1. The number of benzene rings is 1. The quantitative estimate of drug-likeness (QED) is 0.708. The van der Waals surface area contributed by atoms with E-state index in [0.717, 1.165) is 18.7 Å². The molecule has 0 spiro atoms. The van der Waals surface area contributed by atoms with Gasteiger partial charge in [-0.1, -0.05) is 0 Å². The van der Waals surface area contributed by atoms with Gasteiger partial charge in [0, 0.05) is 43.2 Å². The lowest BCUT2D eigenvalue weighted by Crippen LogP contribution is -2.56. The summed E-state index contributed by atoms with van der Waals surface area (Å²) in [7, 11) is 1.88. The highest BCUT2D eigenvalue weighted by Crippen LogP contribution is 2.44. The monoisotopic (exact) mass is 394 g/mol. The predicted octanol–water partition coefficient (Wildman–Crippen LogP) is 2.56. The molecule has 8 heteroatoms. The number of aromatic hydroxyl groups is 1. The Bertz CT molecular complexity index is 1020. The Kier molecular flexibility index (Phi) is 4.06. The molecule has 1 aliphatic carbocycles. The first-order valence-corrected chi connectivity index (χ1v) is 9.75. The first-order valence-electron chi connectivity index (χ1n) is 9.75.